The maximum absolute atomic E-state index is 12.0. The first-order valence-corrected chi connectivity index (χ1v) is 5.04. The van der Waals surface area contributed by atoms with Crippen molar-refractivity contribution in [2.45, 2.75) is 6.18 Å². The van der Waals surface area contributed by atoms with Gasteiger partial charge in [-0.1, -0.05) is 12.1 Å². The molecule has 0 aromatic heterocycles. The summed E-state index contributed by atoms with van der Waals surface area (Å²) < 4.78 is 45.7. The van der Waals surface area contributed by atoms with Gasteiger partial charge in [-0.2, -0.15) is 13.2 Å². The second-order valence-electron chi connectivity index (χ2n) is 3.31. The van der Waals surface area contributed by atoms with Crippen molar-refractivity contribution < 1.29 is 27.4 Å². The molecule has 0 aliphatic rings. The highest BCUT2D eigenvalue weighted by Gasteiger charge is 2.28. The number of nitrogens with one attached hydrogen (secondary N) is 1. The number of alkyl halides is 3. The highest BCUT2D eigenvalue weighted by atomic mass is 19.4. The van der Waals surface area contributed by atoms with E-state index in [9.17, 15) is 18.0 Å². The van der Waals surface area contributed by atoms with Gasteiger partial charge < -0.3 is 14.8 Å². The topological polar surface area (TPSA) is 47.6 Å². The second-order valence-corrected chi connectivity index (χ2v) is 3.31. The fourth-order valence-corrected chi connectivity index (χ4v) is 1.06. The largest absolute Gasteiger partial charge is 0.480 e. The molecule has 7 heteroatoms. The molecule has 18 heavy (non-hydrogen) atoms. The van der Waals surface area contributed by atoms with Crippen LogP contribution >= 0.6 is 0 Å². The highest BCUT2D eigenvalue weighted by molar-refractivity contribution is 5.77. The van der Waals surface area contributed by atoms with E-state index in [-0.39, 0.29) is 24.0 Å². The number of halogens is 3. The van der Waals surface area contributed by atoms with E-state index >= 15 is 0 Å². The SMILES string of the molecule is CNC(=O)COc1ccccc1OCC(F)(F)F. The molecule has 1 amide bonds. The molecule has 0 radical (unpaired) electrons. The minimum absolute atomic E-state index is 0.0567. The molecule has 1 aromatic rings. The fourth-order valence-electron chi connectivity index (χ4n) is 1.06. The average Bonchev–Trinajstić information content (AvgIpc) is 2.33. The van der Waals surface area contributed by atoms with Crippen LogP contribution in [0.5, 0.6) is 11.5 Å². The van der Waals surface area contributed by atoms with Gasteiger partial charge in [-0.05, 0) is 12.1 Å². The summed E-state index contributed by atoms with van der Waals surface area (Å²) >= 11 is 0. The van der Waals surface area contributed by atoms with E-state index in [0.29, 0.717) is 0 Å². The van der Waals surface area contributed by atoms with E-state index < -0.39 is 12.8 Å². The first kappa shape index (κ1) is 14.1. The number of amides is 1. The number of hydrogen-bond donors (Lipinski definition) is 1. The maximum atomic E-state index is 12.0. The Labute approximate surface area is 102 Å². The van der Waals surface area contributed by atoms with E-state index in [4.69, 9.17) is 4.74 Å². The zero-order valence-corrected chi connectivity index (χ0v) is 9.58. The lowest BCUT2D eigenvalue weighted by Gasteiger charge is -2.13. The number of para-hydroxylation sites is 2. The van der Waals surface area contributed by atoms with Gasteiger partial charge in [0.1, 0.15) is 0 Å². The summed E-state index contributed by atoms with van der Waals surface area (Å²) in [7, 11) is 1.43. The molecule has 0 saturated carbocycles. The van der Waals surface area contributed by atoms with Crippen LogP contribution in [0.15, 0.2) is 24.3 Å². The lowest BCUT2D eigenvalue weighted by atomic mass is 10.3. The molecule has 1 N–H and O–H groups in total. The maximum Gasteiger partial charge on any atom is 0.422 e. The fraction of sp³-hybridized carbons (Fsp3) is 0.364. The van der Waals surface area contributed by atoms with Crippen LogP contribution in [0, 0.1) is 0 Å². The normalized spacial score (nSPS) is 10.9. The third-order valence-corrected chi connectivity index (χ3v) is 1.88. The van der Waals surface area contributed by atoms with Gasteiger partial charge in [-0.15, -0.1) is 0 Å². The molecule has 0 aliphatic carbocycles. The highest BCUT2D eigenvalue weighted by Crippen LogP contribution is 2.28. The number of likely N-dealkylation sites (N-methyl/N-ethyl adjacent to an activating group) is 1. The lowest BCUT2D eigenvalue weighted by molar-refractivity contribution is -0.153. The minimum Gasteiger partial charge on any atom is -0.480 e. The van der Waals surface area contributed by atoms with Crippen molar-refractivity contribution in [3.05, 3.63) is 24.3 Å². The molecule has 0 saturated heterocycles. The Bertz CT molecular complexity index is 407. The van der Waals surface area contributed by atoms with Crippen LogP contribution in [0.4, 0.5) is 13.2 Å². The molecule has 1 aromatic carbocycles. The first-order valence-electron chi connectivity index (χ1n) is 5.04. The molecule has 0 atom stereocenters. The molecular formula is C11H12F3NO3. The summed E-state index contributed by atoms with van der Waals surface area (Å²) in [5.74, 6) is -0.357. The smallest absolute Gasteiger partial charge is 0.422 e. The monoisotopic (exact) mass is 263 g/mol. The molecule has 0 heterocycles. The molecule has 0 unspecified atom stereocenters. The van der Waals surface area contributed by atoms with Gasteiger partial charge in [0.2, 0.25) is 0 Å². The lowest BCUT2D eigenvalue weighted by Crippen LogP contribution is -2.25. The van der Waals surface area contributed by atoms with Gasteiger partial charge in [0.05, 0.1) is 0 Å². The van der Waals surface area contributed by atoms with Gasteiger partial charge >= 0.3 is 6.18 Å². The Morgan fingerprint density at radius 3 is 2.28 bits per heavy atom. The zero-order valence-electron chi connectivity index (χ0n) is 9.58. The summed E-state index contributed by atoms with van der Waals surface area (Å²) in [6, 6.07) is 5.84. The third kappa shape index (κ3) is 4.94. The Morgan fingerprint density at radius 2 is 1.78 bits per heavy atom. The van der Waals surface area contributed by atoms with Crippen LogP contribution in [0.25, 0.3) is 0 Å². The summed E-state index contributed by atoms with van der Waals surface area (Å²) in [5.41, 5.74) is 0. The number of rotatable bonds is 5. The molecule has 0 aliphatic heterocycles. The second kappa shape index (κ2) is 6.13. The molecule has 0 bridgehead atoms. The first-order chi connectivity index (χ1) is 8.42. The standard InChI is InChI=1S/C11H12F3NO3/c1-15-10(16)6-17-8-4-2-3-5-9(8)18-7-11(12,13)14/h2-5H,6-7H2,1H3,(H,15,16). The third-order valence-electron chi connectivity index (χ3n) is 1.88. The number of carbonyl (C=O) groups is 1. The van der Waals surface area contributed by atoms with E-state index in [1.165, 1.54) is 25.2 Å². The summed E-state index contributed by atoms with van der Waals surface area (Å²) in [5, 5.41) is 2.33. The summed E-state index contributed by atoms with van der Waals surface area (Å²) in [6.45, 7) is -1.70. The number of carbonyl (C=O) groups excluding carboxylic acids is 1. The van der Waals surface area contributed by atoms with E-state index in [2.05, 4.69) is 10.1 Å². The van der Waals surface area contributed by atoms with Crippen LogP contribution in [0.3, 0.4) is 0 Å². The van der Waals surface area contributed by atoms with Crippen LogP contribution in [-0.4, -0.2) is 32.3 Å². The minimum atomic E-state index is -4.42. The quantitative estimate of drug-likeness (QED) is 0.880. The molecule has 100 valence electrons. The summed E-state index contributed by atoms with van der Waals surface area (Å²) in [4.78, 5) is 11.0. The Morgan fingerprint density at radius 1 is 1.22 bits per heavy atom. The van der Waals surface area contributed by atoms with Gasteiger partial charge in [0.25, 0.3) is 5.91 Å². The Hall–Kier alpha value is -1.92. The predicted molar refractivity (Wildman–Crippen MR) is 57.6 cm³/mol. The Kier molecular flexibility index (Phi) is 4.82. The summed E-state index contributed by atoms with van der Waals surface area (Å²) in [6.07, 6.45) is -4.42. The van der Waals surface area contributed by atoms with Crippen molar-refractivity contribution in [3.63, 3.8) is 0 Å². The molecule has 1 rings (SSSR count). The van der Waals surface area contributed by atoms with Crippen molar-refractivity contribution in [2.24, 2.45) is 0 Å². The average molecular weight is 263 g/mol. The molecule has 0 spiro atoms. The van der Waals surface area contributed by atoms with E-state index in [1.54, 1.807) is 6.07 Å². The van der Waals surface area contributed by atoms with Crippen molar-refractivity contribution in [1.29, 1.82) is 0 Å². The zero-order chi connectivity index (χ0) is 13.6. The molecular weight excluding hydrogens is 251 g/mol. The van der Waals surface area contributed by atoms with E-state index in [1.807, 2.05) is 0 Å². The van der Waals surface area contributed by atoms with Crippen LogP contribution in [0.2, 0.25) is 0 Å². The van der Waals surface area contributed by atoms with Gasteiger partial charge in [-0.3, -0.25) is 4.79 Å². The van der Waals surface area contributed by atoms with Gasteiger partial charge in [0, 0.05) is 7.05 Å². The predicted octanol–water partition coefficient (Wildman–Crippen LogP) is 1.75. The van der Waals surface area contributed by atoms with Crippen molar-refractivity contribution in [1.82, 2.24) is 5.32 Å². The van der Waals surface area contributed by atoms with Crippen LogP contribution in [0.1, 0.15) is 0 Å². The van der Waals surface area contributed by atoms with Gasteiger partial charge in [0.15, 0.2) is 24.7 Å². The van der Waals surface area contributed by atoms with Crippen LogP contribution < -0.4 is 14.8 Å². The van der Waals surface area contributed by atoms with Crippen molar-refractivity contribution in [2.75, 3.05) is 20.3 Å². The number of ether oxygens (including phenoxy) is 2. The van der Waals surface area contributed by atoms with Crippen LogP contribution in [-0.2, 0) is 4.79 Å². The molecule has 4 nitrogen and oxygen atoms in total. The van der Waals surface area contributed by atoms with Gasteiger partial charge in [-0.25, -0.2) is 0 Å². The number of benzene rings is 1. The van der Waals surface area contributed by atoms with Crippen molar-refractivity contribution in [3.8, 4) is 11.5 Å². The Balaban J connectivity index is 2.64. The van der Waals surface area contributed by atoms with E-state index in [0.717, 1.165) is 0 Å². The van der Waals surface area contributed by atoms with Crippen molar-refractivity contribution >= 4 is 5.91 Å². The number of hydrogen-bond acceptors (Lipinski definition) is 3. The molecule has 0 fully saturated rings.